The number of benzene rings is 1. The largest absolute Gasteiger partial charge is 0.471 e. The maximum atomic E-state index is 12.4. The fourth-order valence-electron chi connectivity index (χ4n) is 2.06. The molecule has 0 N–H and O–H groups in total. The van der Waals surface area contributed by atoms with Crippen LogP contribution in [-0.4, -0.2) is 25.6 Å². The highest BCUT2D eigenvalue weighted by atomic mass is 19.4. The van der Waals surface area contributed by atoms with E-state index in [-0.39, 0.29) is 18.2 Å². The predicted octanol–water partition coefficient (Wildman–Crippen LogP) is 3.22. The first-order chi connectivity index (χ1) is 11.4. The smallest absolute Gasteiger partial charge is 0.329 e. The third kappa shape index (κ3) is 3.50. The maximum Gasteiger partial charge on any atom is 0.471 e. The molecule has 3 rings (SSSR count). The van der Waals surface area contributed by atoms with Crippen LogP contribution in [0.25, 0.3) is 11.4 Å². The first-order valence-corrected chi connectivity index (χ1v) is 6.95. The van der Waals surface area contributed by atoms with Gasteiger partial charge in [-0.15, -0.1) is 0 Å². The lowest BCUT2D eigenvalue weighted by Gasteiger charge is -2.03. The lowest BCUT2D eigenvalue weighted by Crippen LogP contribution is -2.09. The molecule has 6 nitrogen and oxygen atoms in total. The zero-order valence-corrected chi connectivity index (χ0v) is 12.2. The molecule has 0 spiro atoms. The monoisotopic (exact) mass is 336 g/mol. The molecule has 9 heteroatoms. The van der Waals surface area contributed by atoms with E-state index in [4.69, 9.17) is 0 Å². The Hall–Kier alpha value is -2.97. The number of hydrogen-bond donors (Lipinski definition) is 0. The van der Waals surface area contributed by atoms with Crippen LogP contribution in [0.15, 0.2) is 47.5 Å². The van der Waals surface area contributed by atoms with Gasteiger partial charge in [0.05, 0.1) is 0 Å². The van der Waals surface area contributed by atoms with E-state index in [1.807, 2.05) is 0 Å². The van der Waals surface area contributed by atoms with Gasteiger partial charge >= 0.3 is 12.1 Å². The summed E-state index contributed by atoms with van der Waals surface area (Å²) in [5, 5.41) is 3.32. The molecule has 0 unspecified atom stereocenters. The van der Waals surface area contributed by atoms with Gasteiger partial charge in [-0.1, -0.05) is 29.4 Å². The number of rotatable bonds is 4. The minimum Gasteiger partial charge on any atom is -0.329 e. The fraction of sp³-hybridized carbons (Fsp3) is 0.200. The third-order valence-electron chi connectivity index (χ3n) is 3.30. The van der Waals surface area contributed by atoms with Crippen LogP contribution < -0.4 is 0 Å². The molecule has 2 aromatic heterocycles. The molecule has 1 aromatic carbocycles. The number of hydrogen-bond acceptors (Lipinski definition) is 5. The van der Waals surface area contributed by atoms with E-state index in [1.165, 1.54) is 17.1 Å². The van der Waals surface area contributed by atoms with Gasteiger partial charge in [0.1, 0.15) is 6.33 Å². The number of halogens is 3. The highest BCUT2D eigenvalue weighted by Crippen LogP contribution is 2.29. The van der Waals surface area contributed by atoms with Crippen molar-refractivity contribution in [2.45, 2.75) is 19.0 Å². The first kappa shape index (κ1) is 15.9. The topological polar surface area (TPSA) is 73.8 Å². The van der Waals surface area contributed by atoms with Crippen LogP contribution in [-0.2, 0) is 12.6 Å². The minimum atomic E-state index is -4.67. The van der Waals surface area contributed by atoms with Gasteiger partial charge in [-0.05, 0) is 12.0 Å². The molecule has 24 heavy (non-hydrogen) atoms. The zero-order chi connectivity index (χ0) is 17.2. The van der Waals surface area contributed by atoms with Gasteiger partial charge in [-0.3, -0.25) is 9.36 Å². The van der Waals surface area contributed by atoms with E-state index in [0.717, 1.165) is 5.56 Å². The summed E-state index contributed by atoms with van der Waals surface area (Å²) in [7, 11) is 0. The normalized spacial score (nSPS) is 11.6. The summed E-state index contributed by atoms with van der Waals surface area (Å²) in [6, 6.07) is 6.59. The number of carbonyl (C=O) groups is 1. The first-order valence-electron chi connectivity index (χ1n) is 6.95. The van der Waals surface area contributed by atoms with Crippen molar-refractivity contribution in [1.82, 2.24) is 19.7 Å². The summed E-state index contributed by atoms with van der Waals surface area (Å²) in [5.41, 5.74) is 1.27. The molecule has 2 heterocycles. The number of aryl methyl sites for hydroxylation is 1. The molecule has 0 fully saturated rings. The van der Waals surface area contributed by atoms with Crippen LogP contribution >= 0.6 is 0 Å². The maximum absolute atomic E-state index is 12.4. The number of imidazole rings is 1. The van der Waals surface area contributed by atoms with Crippen molar-refractivity contribution in [2.75, 3.05) is 0 Å². The van der Waals surface area contributed by atoms with Crippen LogP contribution in [0.1, 0.15) is 22.7 Å². The van der Waals surface area contributed by atoms with Gasteiger partial charge in [0.2, 0.25) is 11.7 Å². The van der Waals surface area contributed by atoms with Crippen molar-refractivity contribution >= 4 is 5.91 Å². The Morgan fingerprint density at radius 2 is 1.96 bits per heavy atom. The van der Waals surface area contributed by atoms with E-state index in [9.17, 15) is 18.0 Å². The summed E-state index contributed by atoms with van der Waals surface area (Å²) in [4.78, 5) is 19.0. The lowest BCUT2D eigenvalue weighted by molar-refractivity contribution is -0.159. The Morgan fingerprint density at radius 1 is 1.21 bits per heavy atom. The van der Waals surface area contributed by atoms with Crippen molar-refractivity contribution in [1.29, 1.82) is 0 Å². The molecule has 0 aliphatic heterocycles. The SMILES string of the molecule is O=C(CCc1ccc(-c2noc(C(F)(F)F)n2)cc1)n1ccnc1. The van der Waals surface area contributed by atoms with Crippen molar-refractivity contribution in [2.24, 2.45) is 0 Å². The minimum absolute atomic E-state index is 0.0930. The quantitative estimate of drug-likeness (QED) is 0.731. The van der Waals surface area contributed by atoms with Gasteiger partial charge in [0.15, 0.2) is 0 Å². The third-order valence-corrected chi connectivity index (χ3v) is 3.30. The van der Waals surface area contributed by atoms with Crippen LogP contribution in [0.3, 0.4) is 0 Å². The Kier molecular flexibility index (Phi) is 4.15. The standard InChI is InChI=1S/C15H11F3N4O2/c16-15(17,18)14-20-13(21-24-14)11-4-1-10(2-5-11)3-6-12(23)22-8-7-19-9-22/h1-2,4-5,7-9H,3,6H2. The molecule has 0 saturated heterocycles. The lowest BCUT2D eigenvalue weighted by atomic mass is 10.1. The number of aromatic nitrogens is 4. The number of alkyl halides is 3. The van der Waals surface area contributed by atoms with Crippen LogP contribution in [0, 0.1) is 0 Å². The van der Waals surface area contributed by atoms with Crippen molar-refractivity contribution in [3.63, 3.8) is 0 Å². The fourth-order valence-corrected chi connectivity index (χ4v) is 2.06. The van der Waals surface area contributed by atoms with Crippen LogP contribution in [0.4, 0.5) is 13.2 Å². The second kappa shape index (κ2) is 6.26. The molecule has 124 valence electrons. The molecule has 0 bridgehead atoms. The summed E-state index contributed by atoms with van der Waals surface area (Å²) < 4.78 is 42.9. The predicted molar refractivity (Wildman–Crippen MR) is 75.9 cm³/mol. The summed E-state index contributed by atoms with van der Waals surface area (Å²) in [5.74, 6) is -1.61. The van der Waals surface area contributed by atoms with Crippen LogP contribution in [0.5, 0.6) is 0 Å². The van der Waals surface area contributed by atoms with Gasteiger partial charge < -0.3 is 4.52 Å². The molecule has 0 saturated carbocycles. The molecule has 0 amide bonds. The van der Waals surface area contributed by atoms with E-state index in [2.05, 4.69) is 19.6 Å². The van der Waals surface area contributed by atoms with Gasteiger partial charge in [0, 0.05) is 24.4 Å². The summed E-state index contributed by atoms with van der Waals surface area (Å²) in [6.45, 7) is 0. The molecule has 0 atom stereocenters. The van der Waals surface area contributed by atoms with E-state index in [0.29, 0.717) is 12.0 Å². The molecule has 0 radical (unpaired) electrons. The summed E-state index contributed by atoms with van der Waals surface area (Å²) in [6.07, 6.45) is 0.638. The van der Waals surface area contributed by atoms with Gasteiger partial charge in [0.25, 0.3) is 0 Å². The average Bonchev–Trinajstić information content (AvgIpc) is 3.23. The van der Waals surface area contributed by atoms with Crippen molar-refractivity contribution in [3.05, 3.63) is 54.4 Å². The Balaban J connectivity index is 1.65. The molecular formula is C15H11F3N4O2. The highest BCUT2D eigenvalue weighted by molar-refractivity contribution is 5.78. The molecule has 3 aromatic rings. The molecular weight excluding hydrogens is 325 g/mol. The van der Waals surface area contributed by atoms with Crippen LogP contribution in [0.2, 0.25) is 0 Å². The Labute approximate surface area is 133 Å². The summed E-state index contributed by atoms with van der Waals surface area (Å²) >= 11 is 0. The van der Waals surface area contributed by atoms with E-state index >= 15 is 0 Å². The molecule has 0 aliphatic rings. The Morgan fingerprint density at radius 3 is 2.54 bits per heavy atom. The van der Waals surface area contributed by atoms with Crippen molar-refractivity contribution < 1.29 is 22.5 Å². The van der Waals surface area contributed by atoms with Gasteiger partial charge in [-0.2, -0.15) is 18.2 Å². The number of carbonyl (C=O) groups excluding carboxylic acids is 1. The van der Waals surface area contributed by atoms with Gasteiger partial charge in [-0.25, -0.2) is 4.98 Å². The average molecular weight is 336 g/mol. The van der Waals surface area contributed by atoms with Crippen molar-refractivity contribution in [3.8, 4) is 11.4 Å². The second-order valence-electron chi connectivity index (χ2n) is 4.98. The Bertz CT molecular complexity index is 823. The second-order valence-corrected chi connectivity index (χ2v) is 4.98. The molecule has 0 aliphatic carbocycles. The van der Waals surface area contributed by atoms with E-state index < -0.39 is 12.1 Å². The zero-order valence-electron chi connectivity index (χ0n) is 12.2. The van der Waals surface area contributed by atoms with E-state index in [1.54, 1.807) is 30.5 Å². The number of nitrogens with zero attached hydrogens (tertiary/aromatic N) is 4. The highest BCUT2D eigenvalue weighted by Gasteiger charge is 2.38.